The summed E-state index contributed by atoms with van der Waals surface area (Å²) in [5.41, 5.74) is 1.00. The summed E-state index contributed by atoms with van der Waals surface area (Å²) in [6.07, 6.45) is 5.11. The van der Waals surface area contributed by atoms with Gasteiger partial charge in [0.15, 0.2) is 0 Å². The second-order valence-electron chi connectivity index (χ2n) is 5.15. The lowest BCUT2D eigenvalue weighted by atomic mass is 9.85. The molecule has 3 heteroatoms. The van der Waals surface area contributed by atoms with Crippen LogP contribution in [0.4, 0.5) is 4.39 Å². The summed E-state index contributed by atoms with van der Waals surface area (Å²) >= 11 is 0. The van der Waals surface area contributed by atoms with Crippen molar-refractivity contribution in [3.05, 3.63) is 29.6 Å². The summed E-state index contributed by atoms with van der Waals surface area (Å²) in [5.74, 6) is 1.55. The lowest BCUT2D eigenvalue weighted by molar-refractivity contribution is 0.216. The standard InChI is InChI=1S/C14H18FNO/c15-12-4-5-14-11(6-12)7-13(17-14)9-16-8-10-2-1-3-10/h4-6,10,13,16H,1-3,7-9H2. The summed E-state index contributed by atoms with van der Waals surface area (Å²) in [6.45, 7) is 1.97. The van der Waals surface area contributed by atoms with Crippen LogP contribution in [0.2, 0.25) is 0 Å². The number of halogens is 1. The molecule has 1 atom stereocenters. The van der Waals surface area contributed by atoms with Crippen LogP contribution in [0.5, 0.6) is 5.75 Å². The highest BCUT2D eigenvalue weighted by Gasteiger charge is 2.23. The molecule has 92 valence electrons. The number of hydrogen-bond donors (Lipinski definition) is 1. The lowest BCUT2D eigenvalue weighted by Gasteiger charge is -2.26. The molecule has 1 N–H and O–H groups in total. The van der Waals surface area contributed by atoms with Gasteiger partial charge in [-0.25, -0.2) is 4.39 Å². The Morgan fingerprint density at radius 1 is 1.29 bits per heavy atom. The molecule has 1 aromatic rings. The molecule has 2 nitrogen and oxygen atoms in total. The van der Waals surface area contributed by atoms with Crippen LogP contribution in [0, 0.1) is 11.7 Å². The van der Waals surface area contributed by atoms with E-state index < -0.39 is 0 Å². The normalized spacial score (nSPS) is 23.0. The number of benzene rings is 1. The molecule has 1 fully saturated rings. The van der Waals surface area contributed by atoms with Crippen molar-refractivity contribution in [1.29, 1.82) is 0 Å². The Morgan fingerprint density at radius 3 is 2.94 bits per heavy atom. The molecule has 0 saturated heterocycles. The Balaban J connectivity index is 1.48. The quantitative estimate of drug-likeness (QED) is 0.866. The van der Waals surface area contributed by atoms with Crippen molar-refractivity contribution in [2.75, 3.05) is 13.1 Å². The topological polar surface area (TPSA) is 21.3 Å². The third-order valence-electron chi connectivity index (χ3n) is 3.79. The van der Waals surface area contributed by atoms with Crippen molar-refractivity contribution < 1.29 is 9.13 Å². The van der Waals surface area contributed by atoms with Crippen LogP contribution in [0.25, 0.3) is 0 Å². The summed E-state index contributed by atoms with van der Waals surface area (Å²) in [4.78, 5) is 0. The Morgan fingerprint density at radius 2 is 2.18 bits per heavy atom. The SMILES string of the molecule is Fc1ccc2c(c1)CC(CNCC1CCC1)O2. The highest BCUT2D eigenvalue weighted by atomic mass is 19.1. The lowest BCUT2D eigenvalue weighted by Crippen LogP contribution is -2.35. The van der Waals surface area contributed by atoms with Crippen LogP contribution in [-0.4, -0.2) is 19.2 Å². The first kappa shape index (κ1) is 11.0. The van der Waals surface area contributed by atoms with Gasteiger partial charge in [-0.05, 0) is 43.5 Å². The number of fused-ring (bicyclic) bond motifs is 1. The van der Waals surface area contributed by atoms with E-state index in [1.165, 1.54) is 25.3 Å². The Kier molecular flexibility index (Phi) is 3.02. The fraction of sp³-hybridized carbons (Fsp3) is 0.571. The van der Waals surface area contributed by atoms with Gasteiger partial charge >= 0.3 is 0 Å². The minimum absolute atomic E-state index is 0.171. The average Bonchev–Trinajstić information content (AvgIpc) is 2.63. The zero-order valence-corrected chi connectivity index (χ0v) is 9.92. The Hall–Kier alpha value is -1.09. The van der Waals surface area contributed by atoms with Crippen LogP contribution in [-0.2, 0) is 6.42 Å². The number of nitrogens with one attached hydrogen (secondary N) is 1. The smallest absolute Gasteiger partial charge is 0.123 e. The van der Waals surface area contributed by atoms with E-state index >= 15 is 0 Å². The van der Waals surface area contributed by atoms with Gasteiger partial charge in [-0.15, -0.1) is 0 Å². The molecule has 1 aliphatic heterocycles. The van der Waals surface area contributed by atoms with Gasteiger partial charge in [0.1, 0.15) is 17.7 Å². The fourth-order valence-corrected chi connectivity index (χ4v) is 2.55. The largest absolute Gasteiger partial charge is 0.488 e. The first-order chi connectivity index (χ1) is 8.31. The third kappa shape index (κ3) is 2.44. The van der Waals surface area contributed by atoms with Crippen molar-refractivity contribution in [3.63, 3.8) is 0 Å². The van der Waals surface area contributed by atoms with E-state index in [0.717, 1.165) is 36.7 Å². The number of rotatable bonds is 4. The van der Waals surface area contributed by atoms with Crippen LogP contribution in [0.3, 0.4) is 0 Å². The van der Waals surface area contributed by atoms with E-state index in [9.17, 15) is 4.39 Å². The molecule has 2 aliphatic rings. The van der Waals surface area contributed by atoms with Gasteiger partial charge in [-0.1, -0.05) is 6.42 Å². The molecule has 1 saturated carbocycles. The first-order valence-electron chi connectivity index (χ1n) is 6.47. The Bertz CT molecular complexity index is 403. The highest BCUT2D eigenvalue weighted by Crippen LogP contribution is 2.29. The van der Waals surface area contributed by atoms with Gasteiger partial charge in [0, 0.05) is 18.5 Å². The van der Waals surface area contributed by atoms with E-state index in [0.29, 0.717) is 0 Å². The fourth-order valence-electron chi connectivity index (χ4n) is 2.55. The van der Waals surface area contributed by atoms with Gasteiger partial charge in [-0.2, -0.15) is 0 Å². The van der Waals surface area contributed by atoms with E-state index in [1.807, 2.05) is 0 Å². The van der Waals surface area contributed by atoms with Crippen LogP contribution >= 0.6 is 0 Å². The molecule has 1 heterocycles. The van der Waals surface area contributed by atoms with Gasteiger partial charge in [-0.3, -0.25) is 0 Å². The van der Waals surface area contributed by atoms with Crippen molar-refractivity contribution >= 4 is 0 Å². The average molecular weight is 235 g/mol. The molecule has 3 rings (SSSR count). The zero-order valence-electron chi connectivity index (χ0n) is 9.92. The summed E-state index contributed by atoms with van der Waals surface area (Å²) in [7, 11) is 0. The monoisotopic (exact) mass is 235 g/mol. The molecule has 0 amide bonds. The number of ether oxygens (including phenoxy) is 1. The molecule has 17 heavy (non-hydrogen) atoms. The van der Waals surface area contributed by atoms with Gasteiger partial charge in [0.25, 0.3) is 0 Å². The van der Waals surface area contributed by atoms with Crippen LogP contribution in [0.15, 0.2) is 18.2 Å². The van der Waals surface area contributed by atoms with Crippen molar-refractivity contribution in [3.8, 4) is 5.75 Å². The number of hydrogen-bond acceptors (Lipinski definition) is 2. The molecule has 1 aliphatic carbocycles. The molecule has 0 radical (unpaired) electrons. The maximum absolute atomic E-state index is 13.0. The molecular weight excluding hydrogens is 217 g/mol. The van der Waals surface area contributed by atoms with Crippen LogP contribution in [0.1, 0.15) is 24.8 Å². The minimum atomic E-state index is -0.171. The van der Waals surface area contributed by atoms with Gasteiger partial charge in [0.05, 0.1) is 0 Å². The molecular formula is C14H18FNO. The Labute approximate surface area is 101 Å². The molecule has 1 unspecified atom stereocenters. The van der Waals surface area contributed by atoms with Gasteiger partial charge in [0.2, 0.25) is 0 Å². The molecule has 0 spiro atoms. The predicted molar refractivity (Wildman–Crippen MR) is 64.7 cm³/mol. The third-order valence-corrected chi connectivity index (χ3v) is 3.79. The molecule has 1 aromatic carbocycles. The van der Waals surface area contributed by atoms with Crippen LogP contribution < -0.4 is 10.1 Å². The second-order valence-corrected chi connectivity index (χ2v) is 5.15. The van der Waals surface area contributed by atoms with E-state index in [-0.39, 0.29) is 11.9 Å². The zero-order chi connectivity index (χ0) is 11.7. The van der Waals surface area contributed by atoms with Crippen molar-refractivity contribution in [1.82, 2.24) is 5.32 Å². The summed E-state index contributed by atoms with van der Waals surface area (Å²) in [5, 5.41) is 3.46. The van der Waals surface area contributed by atoms with E-state index in [2.05, 4.69) is 5.32 Å². The van der Waals surface area contributed by atoms with Gasteiger partial charge < -0.3 is 10.1 Å². The van der Waals surface area contributed by atoms with Crippen molar-refractivity contribution in [2.45, 2.75) is 31.8 Å². The minimum Gasteiger partial charge on any atom is -0.488 e. The first-order valence-corrected chi connectivity index (χ1v) is 6.47. The predicted octanol–water partition coefficient (Wildman–Crippen LogP) is 2.52. The van der Waals surface area contributed by atoms with E-state index in [1.54, 1.807) is 12.1 Å². The summed E-state index contributed by atoms with van der Waals surface area (Å²) < 4.78 is 18.8. The summed E-state index contributed by atoms with van der Waals surface area (Å²) in [6, 6.07) is 4.78. The second kappa shape index (κ2) is 4.65. The van der Waals surface area contributed by atoms with E-state index in [4.69, 9.17) is 4.74 Å². The van der Waals surface area contributed by atoms with Crippen molar-refractivity contribution in [2.24, 2.45) is 5.92 Å². The maximum Gasteiger partial charge on any atom is 0.123 e. The highest BCUT2D eigenvalue weighted by molar-refractivity contribution is 5.37. The molecule has 0 aromatic heterocycles. The molecule has 0 bridgehead atoms. The maximum atomic E-state index is 13.0.